The number of amides is 1. The number of nitrogens with zero attached hydrogens (tertiary/aromatic N) is 3. The van der Waals surface area contributed by atoms with E-state index < -0.39 is 0 Å². The van der Waals surface area contributed by atoms with Crippen molar-refractivity contribution in [1.29, 1.82) is 0 Å². The van der Waals surface area contributed by atoms with Crippen molar-refractivity contribution in [2.24, 2.45) is 0 Å². The van der Waals surface area contributed by atoms with Crippen molar-refractivity contribution in [3.63, 3.8) is 0 Å². The van der Waals surface area contributed by atoms with Gasteiger partial charge in [0.25, 0.3) is 11.5 Å². The van der Waals surface area contributed by atoms with Gasteiger partial charge in [-0.3, -0.25) is 14.2 Å². The Labute approximate surface area is 189 Å². The molecule has 0 aliphatic rings. The van der Waals surface area contributed by atoms with Crippen LogP contribution in [0.1, 0.15) is 21.7 Å². The van der Waals surface area contributed by atoms with Gasteiger partial charge in [0.1, 0.15) is 5.82 Å². The summed E-state index contributed by atoms with van der Waals surface area (Å²) in [6.45, 7) is 2.11. The maximum atomic E-state index is 13.0. The Balaban J connectivity index is 1.61. The zero-order valence-electron chi connectivity index (χ0n) is 17.0. The molecule has 1 amide bonds. The van der Waals surface area contributed by atoms with Gasteiger partial charge < -0.3 is 4.90 Å². The molecule has 0 aliphatic carbocycles. The fraction of sp³-hybridized carbons (Fsp3) is 0.125. The van der Waals surface area contributed by atoms with Crippen molar-refractivity contribution in [3.8, 4) is 5.69 Å². The summed E-state index contributed by atoms with van der Waals surface area (Å²) in [6.07, 6.45) is 0. The summed E-state index contributed by atoms with van der Waals surface area (Å²) >= 11 is 12.3. The summed E-state index contributed by atoms with van der Waals surface area (Å²) in [4.78, 5) is 31.9. The van der Waals surface area contributed by atoms with Crippen LogP contribution in [0, 0.1) is 6.92 Å². The Kier molecular flexibility index (Phi) is 5.81. The lowest BCUT2D eigenvalue weighted by Crippen LogP contribution is -2.26. The molecule has 0 bridgehead atoms. The molecule has 0 saturated heterocycles. The van der Waals surface area contributed by atoms with E-state index in [1.807, 2.05) is 24.3 Å². The predicted molar refractivity (Wildman–Crippen MR) is 124 cm³/mol. The molecular weight excluding hydrogens is 433 g/mol. The van der Waals surface area contributed by atoms with Gasteiger partial charge in [-0.15, -0.1) is 0 Å². The van der Waals surface area contributed by atoms with E-state index in [0.29, 0.717) is 44.6 Å². The van der Waals surface area contributed by atoms with Crippen LogP contribution in [0.2, 0.25) is 10.0 Å². The molecule has 4 rings (SSSR count). The first-order valence-corrected chi connectivity index (χ1v) is 10.4. The lowest BCUT2D eigenvalue weighted by atomic mass is 10.1. The Morgan fingerprint density at radius 1 is 1.00 bits per heavy atom. The summed E-state index contributed by atoms with van der Waals surface area (Å²) < 4.78 is 1.55. The van der Waals surface area contributed by atoms with E-state index in [1.54, 1.807) is 65.9 Å². The molecule has 0 spiro atoms. The van der Waals surface area contributed by atoms with Crippen molar-refractivity contribution < 1.29 is 4.79 Å². The summed E-state index contributed by atoms with van der Waals surface area (Å²) in [5, 5.41) is 1.44. The molecular formula is C24H19Cl2N3O2. The van der Waals surface area contributed by atoms with Gasteiger partial charge in [0.05, 0.1) is 26.6 Å². The highest BCUT2D eigenvalue weighted by molar-refractivity contribution is 6.42. The number of hydrogen-bond acceptors (Lipinski definition) is 3. The Hall–Kier alpha value is -3.15. The van der Waals surface area contributed by atoms with Crippen molar-refractivity contribution in [1.82, 2.24) is 14.5 Å². The molecule has 3 aromatic carbocycles. The first kappa shape index (κ1) is 21.1. The number of carbonyl (C=O) groups excluding carboxylic acids is 1. The van der Waals surface area contributed by atoms with E-state index in [4.69, 9.17) is 23.2 Å². The number of aromatic nitrogens is 2. The average molecular weight is 452 g/mol. The standard InChI is InChI=1S/C24H19Cl2N3O2/c1-15-27-21-9-4-3-7-19(21)24(31)29(15)18-12-10-16(11-13-18)23(30)28(2)14-17-6-5-8-20(25)22(17)26/h3-13H,14H2,1-2H3. The van der Waals surface area contributed by atoms with E-state index in [-0.39, 0.29) is 11.5 Å². The molecule has 156 valence electrons. The Morgan fingerprint density at radius 2 is 1.71 bits per heavy atom. The molecule has 5 nitrogen and oxygen atoms in total. The largest absolute Gasteiger partial charge is 0.337 e. The van der Waals surface area contributed by atoms with Crippen LogP contribution in [0.15, 0.2) is 71.5 Å². The van der Waals surface area contributed by atoms with Gasteiger partial charge in [0.15, 0.2) is 0 Å². The summed E-state index contributed by atoms with van der Waals surface area (Å²) in [5.74, 6) is 0.416. The highest BCUT2D eigenvalue weighted by atomic mass is 35.5. The third kappa shape index (κ3) is 4.07. The first-order valence-electron chi connectivity index (χ1n) is 9.64. The summed E-state index contributed by atoms with van der Waals surface area (Å²) in [6, 6.07) is 19.5. The van der Waals surface area contributed by atoms with Crippen molar-refractivity contribution in [3.05, 3.63) is 104 Å². The minimum Gasteiger partial charge on any atom is -0.337 e. The van der Waals surface area contributed by atoms with E-state index in [1.165, 1.54) is 0 Å². The number of benzene rings is 3. The van der Waals surface area contributed by atoms with E-state index >= 15 is 0 Å². The van der Waals surface area contributed by atoms with Gasteiger partial charge in [-0.25, -0.2) is 4.98 Å². The molecule has 0 radical (unpaired) electrons. The Bertz CT molecular complexity index is 1350. The summed E-state index contributed by atoms with van der Waals surface area (Å²) in [5.41, 5.74) is 2.44. The molecule has 7 heteroatoms. The predicted octanol–water partition coefficient (Wildman–Crippen LogP) is 5.27. The first-order chi connectivity index (χ1) is 14.9. The second kappa shape index (κ2) is 8.53. The zero-order chi connectivity index (χ0) is 22.1. The average Bonchev–Trinajstić information content (AvgIpc) is 2.77. The molecule has 1 heterocycles. The smallest absolute Gasteiger partial charge is 0.265 e. The third-order valence-corrected chi connectivity index (χ3v) is 5.96. The normalized spacial score (nSPS) is 11.0. The Morgan fingerprint density at radius 3 is 2.45 bits per heavy atom. The van der Waals surface area contributed by atoms with Gasteiger partial charge in [0, 0.05) is 19.2 Å². The molecule has 31 heavy (non-hydrogen) atoms. The molecule has 0 unspecified atom stereocenters. The topological polar surface area (TPSA) is 55.2 Å². The van der Waals surface area contributed by atoms with Crippen LogP contribution in [-0.2, 0) is 6.54 Å². The number of aryl methyl sites for hydroxylation is 1. The molecule has 4 aromatic rings. The monoisotopic (exact) mass is 451 g/mol. The number of halogens is 2. The van der Waals surface area contributed by atoms with E-state index in [2.05, 4.69) is 4.98 Å². The van der Waals surface area contributed by atoms with Gasteiger partial charge in [0.2, 0.25) is 0 Å². The van der Waals surface area contributed by atoms with Crippen LogP contribution < -0.4 is 5.56 Å². The number of hydrogen-bond donors (Lipinski definition) is 0. The van der Waals surface area contributed by atoms with Gasteiger partial charge in [-0.05, 0) is 55.0 Å². The second-order valence-corrected chi connectivity index (χ2v) is 8.02. The van der Waals surface area contributed by atoms with E-state index in [9.17, 15) is 9.59 Å². The van der Waals surface area contributed by atoms with Gasteiger partial charge in [-0.2, -0.15) is 0 Å². The number of rotatable bonds is 4. The maximum Gasteiger partial charge on any atom is 0.265 e. The van der Waals surface area contributed by atoms with Crippen LogP contribution in [0.3, 0.4) is 0 Å². The molecule has 0 aliphatic heterocycles. The molecule has 0 N–H and O–H groups in total. The van der Waals surface area contributed by atoms with Crippen LogP contribution in [0.5, 0.6) is 0 Å². The van der Waals surface area contributed by atoms with Crippen molar-refractivity contribution >= 4 is 40.0 Å². The highest BCUT2D eigenvalue weighted by Gasteiger charge is 2.15. The number of fused-ring (bicyclic) bond motifs is 1. The minimum absolute atomic E-state index is 0.144. The fourth-order valence-electron chi connectivity index (χ4n) is 3.52. The molecule has 1 aromatic heterocycles. The molecule has 0 saturated carbocycles. The quantitative estimate of drug-likeness (QED) is 0.424. The lowest BCUT2D eigenvalue weighted by Gasteiger charge is -2.19. The SMILES string of the molecule is Cc1nc2ccccc2c(=O)n1-c1ccc(C(=O)N(C)Cc2cccc(Cl)c2Cl)cc1. The van der Waals surface area contributed by atoms with Crippen LogP contribution in [-0.4, -0.2) is 27.4 Å². The minimum atomic E-state index is -0.164. The van der Waals surface area contributed by atoms with Gasteiger partial charge >= 0.3 is 0 Å². The molecule has 0 fully saturated rings. The third-order valence-electron chi connectivity index (χ3n) is 5.10. The van der Waals surface area contributed by atoms with Crippen LogP contribution >= 0.6 is 23.2 Å². The second-order valence-electron chi connectivity index (χ2n) is 7.24. The lowest BCUT2D eigenvalue weighted by molar-refractivity contribution is 0.0785. The number of carbonyl (C=O) groups is 1. The van der Waals surface area contributed by atoms with E-state index in [0.717, 1.165) is 5.56 Å². The summed E-state index contributed by atoms with van der Waals surface area (Å²) in [7, 11) is 1.70. The number of para-hydroxylation sites is 1. The van der Waals surface area contributed by atoms with Crippen LogP contribution in [0.4, 0.5) is 0 Å². The van der Waals surface area contributed by atoms with Crippen molar-refractivity contribution in [2.45, 2.75) is 13.5 Å². The fourth-order valence-corrected chi connectivity index (χ4v) is 3.90. The maximum absolute atomic E-state index is 13.0. The van der Waals surface area contributed by atoms with Gasteiger partial charge in [-0.1, -0.05) is 47.5 Å². The van der Waals surface area contributed by atoms with Crippen molar-refractivity contribution in [2.75, 3.05) is 7.05 Å². The highest BCUT2D eigenvalue weighted by Crippen LogP contribution is 2.26. The molecule has 0 atom stereocenters. The van der Waals surface area contributed by atoms with Crippen LogP contribution in [0.25, 0.3) is 16.6 Å². The zero-order valence-corrected chi connectivity index (χ0v) is 18.5.